The van der Waals surface area contributed by atoms with E-state index in [1.165, 1.54) is 0 Å². The number of pyridine rings is 1. The Morgan fingerprint density at radius 2 is 2.00 bits per heavy atom. The number of nitrogens with one attached hydrogen (secondary N) is 1. The first-order chi connectivity index (χ1) is 12.5. The van der Waals surface area contributed by atoms with E-state index in [0.717, 1.165) is 11.3 Å². The third-order valence-electron chi connectivity index (χ3n) is 3.57. The van der Waals surface area contributed by atoms with Crippen LogP contribution in [-0.2, 0) is 4.57 Å². The van der Waals surface area contributed by atoms with Gasteiger partial charge in [-0.3, -0.25) is 4.98 Å². The summed E-state index contributed by atoms with van der Waals surface area (Å²) in [7, 11) is -0.0106. The molecule has 0 radical (unpaired) electrons. The van der Waals surface area contributed by atoms with Crippen molar-refractivity contribution in [2.45, 2.75) is 0 Å². The first kappa shape index (κ1) is 18.7. The van der Waals surface area contributed by atoms with Gasteiger partial charge >= 0.3 is 7.80 Å². The molecule has 0 amide bonds. The Kier molecular flexibility index (Phi) is 5.81. The van der Waals surface area contributed by atoms with Gasteiger partial charge in [-0.25, -0.2) is 4.98 Å². The van der Waals surface area contributed by atoms with E-state index in [2.05, 4.69) is 36.2 Å². The van der Waals surface area contributed by atoms with Crippen LogP contribution in [-0.4, -0.2) is 28.7 Å². The molecule has 1 atom stereocenters. The van der Waals surface area contributed by atoms with E-state index in [9.17, 15) is 4.57 Å². The Balaban J connectivity index is 1.99. The van der Waals surface area contributed by atoms with Crippen LogP contribution in [0.5, 0.6) is 5.75 Å². The molecule has 132 valence electrons. The maximum absolute atomic E-state index is 12.3. The van der Waals surface area contributed by atoms with E-state index >= 15 is 0 Å². The molecule has 0 fully saturated rings. The first-order valence-electron chi connectivity index (χ1n) is 7.48. The van der Waals surface area contributed by atoms with Gasteiger partial charge in [0.25, 0.3) is 0 Å². The number of methoxy groups -OCH3 is 1. The molecule has 6 nitrogen and oxygen atoms in total. The zero-order valence-corrected chi connectivity index (χ0v) is 17.1. The SMILES string of the molecule is COc1ccc(-c2ccc(Nc3nc(Cl)ncc3Br)c([P+](C)=O)c2)nc1. The molecule has 2 heterocycles. The van der Waals surface area contributed by atoms with Gasteiger partial charge in [0.2, 0.25) is 10.6 Å². The molecular formula is C17H14BrClN4O2P+. The summed E-state index contributed by atoms with van der Waals surface area (Å²) >= 11 is 9.23. The lowest BCUT2D eigenvalue weighted by Gasteiger charge is -2.09. The van der Waals surface area contributed by atoms with Crippen molar-refractivity contribution in [2.75, 3.05) is 19.1 Å². The summed E-state index contributed by atoms with van der Waals surface area (Å²) in [5, 5.41) is 3.94. The fraction of sp³-hybridized carbons (Fsp3) is 0.118. The van der Waals surface area contributed by atoms with Crippen molar-refractivity contribution in [1.82, 2.24) is 15.0 Å². The zero-order valence-electron chi connectivity index (χ0n) is 13.9. The average Bonchev–Trinajstić information content (AvgIpc) is 2.65. The maximum atomic E-state index is 12.3. The van der Waals surface area contributed by atoms with Crippen molar-refractivity contribution in [3.63, 3.8) is 0 Å². The van der Waals surface area contributed by atoms with Crippen molar-refractivity contribution in [1.29, 1.82) is 0 Å². The second-order valence-electron chi connectivity index (χ2n) is 5.27. The Labute approximate surface area is 164 Å². The lowest BCUT2D eigenvalue weighted by atomic mass is 10.1. The molecule has 0 aliphatic heterocycles. The fourth-order valence-corrected chi connectivity index (χ4v) is 3.50. The molecule has 3 aromatic rings. The monoisotopic (exact) mass is 451 g/mol. The van der Waals surface area contributed by atoms with Gasteiger partial charge in [0, 0.05) is 17.8 Å². The average molecular weight is 453 g/mol. The molecule has 0 aliphatic carbocycles. The number of aromatic nitrogens is 3. The number of ether oxygens (including phenoxy) is 1. The standard InChI is InChI=1S/C17H14BrClN4O2P/c1-25-11-4-6-13(20-8-11)10-3-5-14(15(7-10)26(2)24)22-16-12(18)9-21-17(19)23-16/h3-9H,1-2H3,(H,21,22,23)/q+1. The normalized spacial score (nSPS) is 11.2. The van der Waals surface area contributed by atoms with E-state index in [-0.39, 0.29) is 5.28 Å². The van der Waals surface area contributed by atoms with Crippen molar-refractivity contribution in [3.05, 3.63) is 52.5 Å². The molecule has 2 aromatic heterocycles. The number of benzene rings is 1. The minimum atomic E-state index is -1.60. The number of hydrogen-bond acceptors (Lipinski definition) is 6. The summed E-state index contributed by atoms with van der Waals surface area (Å²) in [6.07, 6.45) is 3.20. The van der Waals surface area contributed by atoms with Crippen molar-refractivity contribution in [2.24, 2.45) is 0 Å². The molecule has 0 bridgehead atoms. The van der Waals surface area contributed by atoms with Gasteiger partial charge in [0.05, 0.1) is 29.2 Å². The highest BCUT2D eigenvalue weighted by Crippen LogP contribution is 2.30. The van der Waals surface area contributed by atoms with Crippen LogP contribution in [0.3, 0.4) is 0 Å². The molecule has 1 N–H and O–H groups in total. The quantitative estimate of drug-likeness (QED) is 0.443. The lowest BCUT2D eigenvalue weighted by molar-refractivity contribution is 0.413. The predicted octanol–water partition coefficient (Wildman–Crippen LogP) is 4.79. The van der Waals surface area contributed by atoms with Gasteiger partial charge in [-0.15, -0.1) is 0 Å². The van der Waals surface area contributed by atoms with Gasteiger partial charge in [0.15, 0.2) is 0 Å². The van der Waals surface area contributed by atoms with Crippen LogP contribution in [0.1, 0.15) is 0 Å². The second kappa shape index (κ2) is 8.08. The van der Waals surface area contributed by atoms with Crippen molar-refractivity contribution >= 4 is 52.1 Å². The summed E-state index contributed by atoms with van der Waals surface area (Å²) in [5.74, 6) is 1.18. The minimum absolute atomic E-state index is 0.122. The van der Waals surface area contributed by atoms with E-state index in [4.69, 9.17) is 16.3 Å². The highest BCUT2D eigenvalue weighted by Gasteiger charge is 2.21. The number of anilines is 2. The number of nitrogens with zero attached hydrogens (tertiary/aromatic N) is 3. The summed E-state index contributed by atoms with van der Waals surface area (Å²) in [6.45, 7) is 1.66. The molecule has 26 heavy (non-hydrogen) atoms. The Bertz CT molecular complexity index is 969. The molecule has 0 saturated heterocycles. The van der Waals surface area contributed by atoms with Gasteiger partial charge in [-0.2, -0.15) is 4.98 Å². The van der Waals surface area contributed by atoms with Gasteiger partial charge in [-0.1, -0.05) is 10.6 Å². The Hall–Kier alpha value is -2.08. The largest absolute Gasteiger partial charge is 0.495 e. The van der Waals surface area contributed by atoms with Crippen LogP contribution in [0.2, 0.25) is 5.28 Å². The van der Waals surface area contributed by atoms with Crippen LogP contribution in [0, 0.1) is 0 Å². The van der Waals surface area contributed by atoms with Crippen LogP contribution in [0.25, 0.3) is 11.3 Å². The molecule has 0 saturated carbocycles. The lowest BCUT2D eigenvalue weighted by Crippen LogP contribution is -2.07. The van der Waals surface area contributed by atoms with Crippen molar-refractivity contribution in [3.8, 4) is 17.0 Å². The highest BCUT2D eigenvalue weighted by molar-refractivity contribution is 9.10. The Morgan fingerprint density at radius 3 is 2.65 bits per heavy atom. The third-order valence-corrected chi connectivity index (χ3v) is 5.38. The van der Waals surface area contributed by atoms with Gasteiger partial charge in [-0.05, 0) is 45.7 Å². The van der Waals surface area contributed by atoms with E-state index in [0.29, 0.717) is 27.0 Å². The molecule has 1 unspecified atom stereocenters. The molecule has 1 aromatic carbocycles. The molecular weight excluding hydrogens is 439 g/mol. The van der Waals surface area contributed by atoms with Gasteiger partial charge < -0.3 is 10.1 Å². The molecule has 9 heteroatoms. The van der Waals surface area contributed by atoms with E-state index in [1.807, 2.05) is 30.3 Å². The van der Waals surface area contributed by atoms with Crippen LogP contribution in [0.4, 0.5) is 11.5 Å². The van der Waals surface area contributed by atoms with Crippen molar-refractivity contribution < 1.29 is 9.30 Å². The summed E-state index contributed by atoms with van der Waals surface area (Å²) in [5.41, 5.74) is 2.31. The molecule has 0 spiro atoms. The number of halogens is 2. The number of rotatable bonds is 5. The van der Waals surface area contributed by atoms with E-state index < -0.39 is 7.80 Å². The minimum Gasteiger partial charge on any atom is -0.495 e. The second-order valence-corrected chi connectivity index (χ2v) is 7.94. The highest BCUT2D eigenvalue weighted by atomic mass is 79.9. The van der Waals surface area contributed by atoms with E-state index in [1.54, 1.807) is 26.2 Å². The molecule has 3 rings (SSSR count). The maximum Gasteiger partial charge on any atom is 0.375 e. The summed E-state index contributed by atoms with van der Waals surface area (Å²) in [6, 6.07) is 9.28. The summed E-state index contributed by atoms with van der Waals surface area (Å²) in [4.78, 5) is 12.4. The van der Waals surface area contributed by atoms with Gasteiger partial charge in [0.1, 0.15) is 18.2 Å². The smallest absolute Gasteiger partial charge is 0.375 e. The number of hydrogen-bond donors (Lipinski definition) is 1. The third kappa shape index (κ3) is 4.18. The topological polar surface area (TPSA) is 77.0 Å². The predicted molar refractivity (Wildman–Crippen MR) is 107 cm³/mol. The first-order valence-corrected chi connectivity index (χ1v) is 10.4. The fourth-order valence-electron chi connectivity index (χ4n) is 2.29. The summed E-state index contributed by atoms with van der Waals surface area (Å²) < 4.78 is 18.1. The van der Waals surface area contributed by atoms with Crippen LogP contribution < -0.4 is 15.4 Å². The van der Waals surface area contributed by atoms with Crippen LogP contribution >= 0.6 is 35.3 Å². The zero-order chi connectivity index (χ0) is 18.7. The van der Waals surface area contributed by atoms with Crippen LogP contribution in [0.15, 0.2) is 47.2 Å². The Morgan fingerprint density at radius 1 is 1.19 bits per heavy atom. The molecule has 0 aliphatic rings.